The highest BCUT2D eigenvalue weighted by atomic mass is 16.5. The third-order valence-electron chi connectivity index (χ3n) is 2.69. The molecular formula is C13H18N2O. The van der Waals surface area contributed by atoms with Crippen molar-refractivity contribution in [3.05, 3.63) is 36.0 Å². The highest BCUT2D eigenvalue weighted by Crippen LogP contribution is 2.16. The average molecular weight is 218 g/mol. The van der Waals surface area contributed by atoms with Crippen molar-refractivity contribution in [3.63, 3.8) is 0 Å². The lowest BCUT2D eigenvalue weighted by atomic mass is 10.2. The van der Waals surface area contributed by atoms with Gasteiger partial charge in [-0.05, 0) is 24.6 Å². The van der Waals surface area contributed by atoms with Crippen LogP contribution in [0.1, 0.15) is 12.0 Å². The van der Waals surface area contributed by atoms with Crippen LogP contribution in [0.3, 0.4) is 0 Å². The van der Waals surface area contributed by atoms with Crippen molar-refractivity contribution in [3.8, 4) is 0 Å². The maximum Gasteiger partial charge on any atom is 0.0474 e. The zero-order valence-electron chi connectivity index (χ0n) is 9.62. The zero-order chi connectivity index (χ0) is 11.2. The number of H-pyrrole nitrogens is 1. The van der Waals surface area contributed by atoms with Crippen LogP contribution in [-0.2, 0) is 11.3 Å². The molecule has 2 aromatic rings. The number of hydrogen-bond donors (Lipinski definition) is 2. The largest absolute Gasteiger partial charge is 0.385 e. The lowest BCUT2D eigenvalue weighted by Gasteiger charge is -2.03. The number of aromatic amines is 1. The summed E-state index contributed by atoms with van der Waals surface area (Å²) in [6.07, 6.45) is 3.13. The summed E-state index contributed by atoms with van der Waals surface area (Å²) < 4.78 is 5.00. The predicted octanol–water partition coefficient (Wildman–Crippen LogP) is 2.29. The van der Waals surface area contributed by atoms with Gasteiger partial charge in [-0.1, -0.05) is 18.2 Å². The molecule has 0 unspecified atom stereocenters. The van der Waals surface area contributed by atoms with E-state index in [4.69, 9.17) is 4.74 Å². The molecule has 1 aromatic carbocycles. The van der Waals surface area contributed by atoms with Crippen LogP contribution in [0.15, 0.2) is 30.5 Å². The van der Waals surface area contributed by atoms with E-state index < -0.39 is 0 Å². The van der Waals surface area contributed by atoms with E-state index in [0.717, 1.165) is 26.1 Å². The quantitative estimate of drug-likeness (QED) is 0.730. The van der Waals surface area contributed by atoms with E-state index in [1.54, 1.807) is 7.11 Å². The number of nitrogens with one attached hydrogen (secondary N) is 2. The lowest BCUT2D eigenvalue weighted by molar-refractivity contribution is 0.194. The molecule has 0 saturated carbocycles. The molecular weight excluding hydrogens is 200 g/mol. The maximum atomic E-state index is 5.00. The summed E-state index contributed by atoms with van der Waals surface area (Å²) in [5.41, 5.74) is 2.53. The number of benzene rings is 1. The standard InChI is InChI=1S/C13H18N2O/c1-16-8-4-7-14-9-11-10-15-13-6-3-2-5-12(11)13/h2-3,5-6,10,14-15H,4,7-9H2,1H3. The minimum absolute atomic E-state index is 0.820. The second-order valence-corrected chi connectivity index (χ2v) is 3.88. The summed E-state index contributed by atoms with van der Waals surface area (Å²) in [5.74, 6) is 0. The summed E-state index contributed by atoms with van der Waals surface area (Å²) in [7, 11) is 1.74. The Morgan fingerprint density at radius 1 is 1.31 bits per heavy atom. The monoisotopic (exact) mass is 218 g/mol. The van der Waals surface area contributed by atoms with Crippen LogP contribution in [-0.4, -0.2) is 25.2 Å². The van der Waals surface area contributed by atoms with Crippen molar-refractivity contribution in [2.75, 3.05) is 20.3 Å². The van der Waals surface area contributed by atoms with Gasteiger partial charge in [0.2, 0.25) is 0 Å². The molecule has 0 bridgehead atoms. The number of hydrogen-bond acceptors (Lipinski definition) is 2. The van der Waals surface area contributed by atoms with Crippen molar-refractivity contribution in [2.24, 2.45) is 0 Å². The highest BCUT2D eigenvalue weighted by molar-refractivity contribution is 5.82. The number of methoxy groups -OCH3 is 1. The Kier molecular flexibility index (Phi) is 3.97. The van der Waals surface area contributed by atoms with Crippen molar-refractivity contribution in [1.29, 1.82) is 0 Å². The smallest absolute Gasteiger partial charge is 0.0474 e. The first kappa shape index (κ1) is 11.2. The van der Waals surface area contributed by atoms with Crippen molar-refractivity contribution >= 4 is 10.9 Å². The van der Waals surface area contributed by atoms with Gasteiger partial charge < -0.3 is 15.0 Å². The molecule has 3 heteroatoms. The van der Waals surface area contributed by atoms with Crippen LogP contribution in [0.2, 0.25) is 0 Å². The van der Waals surface area contributed by atoms with Gasteiger partial charge in [-0.2, -0.15) is 0 Å². The minimum atomic E-state index is 0.820. The minimum Gasteiger partial charge on any atom is -0.385 e. The molecule has 2 N–H and O–H groups in total. The van der Waals surface area contributed by atoms with Crippen molar-refractivity contribution < 1.29 is 4.74 Å². The summed E-state index contributed by atoms with van der Waals surface area (Å²) >= 11 is 0. The van der Waals surface area contributed by atoms with Crippen molar-refractivity contribution in [1.82, 2.24) is 10.3 Å². The van der Waals surface area contributed by atoms with Crippen LogP contribution in [0.25, 0.3) is 10.9 Å². The maximum absolute atomic E-state index is 5.00. The van der Waals surface area contributed by atoms with Gasteiger partial charge >= 0.3 is 0 Å². The van der Waals surface area contributed by atoms with Crippen molar-refractivity contribution in [2.45, 2.75) is 13.0 Å². The molecule has 1 aromatic heterocycles. The molecule has 1 heterocycles. The first-order chi connectivity index (χ1) is 7.92. The fraction of sp³-hybridized carbons (Fsp3) is 0.385. The number of rotatable bonds is 6. The molecule has 0 saturated heterocycles. The zero-order valence-corrected chi connectivity index (χ0v) is 9.62. The Labute approximate surface area is 95.8 Å². The number of para-hydroxylation sites is 1. The number of ether oxygens (including phenoxy) is 1. The van der Waals surface area contributed by atoms with Crippen LogP contribution in [0.5, 0.6) is 0 Å². The van der Waals surface area contributed by atoms with Gasteiger partial charge in [0, 0.05) is 37.4 Å². The van der Waals surface area contributed by atoms with Gasteiger partial charge in [0.25, 0.3) is 0 Å². The average Bonchev–Trinajstić information content (AvgIpc) is 2.73. The van der Waals surface area contributed by atoms with Gasteiger partial charge in [-0.25, -0.2) is 0 Å². The molecule has 0 radical (unpaired) electrons. The summed E-state index contributed by atoms with van der Waals surface area (Å²) in [4.78, 5) is 3.28. The molecule has 0 spiro atoms. The van der Waals surface area contributed by atoms with Gasteiger partial charge in [-0.15, -0.1) is 0 Å². The predicted molar refractivity (Wildman–Crippen MR) is 66.5 cm³/mol. The molecule has 86 valence electrons. The van der Waals surface area contributed by atoms with E-state index in [-0.39, 0.29) is 0 Å². The second kappa shape index (κ2) is 5.68. The summed E-state index contributed by atoms with van der Waals surface area (Å²) in [6, 6.07) is 8.38. The van der Waals surface area contributed by atoms with Gasteiger partial charge in [0.05, 0.1) is 0 Å². The summed E-state index contributed by atoms with van der Waals surface area (Å²) in [6.45, 7) is 2.72. The molecule has 0 atom stereocenters. The highest BCUT2D eigenvalue weighted by Gasteiger charge is 2.01. The Morgan fingerprint density at radius 3 is 3.06 bits per heavy atom. The number of aromatic nitrogens is 1. The number of fused-ring (bicyclic) bond motifs is 1. The Bertz CT molecular complexity index is 436. The van der Waals surface area contributed by atoms with E-state index in [1.165, 1.54) is 16.5 Å². The Morgan fingerprint density at radius 2 is 2.19 bits per heavy atom. The first-order valence-electron chi connectivity index (χ1n) is 5.66. The molecule has 0 aliphatic heterocycles. The Hall–Kier alpha value is -1.32. The fourth-order valence-electron chi connectivity index (χ4n) is 1.84. The van der Waals surface area contributed by atoms with Crippen LogP contribution >= 0.6 is 0 Å². The van der Waals surface area contributed by atoms with E-state index in [0.29, 0.717) is 0 Å². The van der Waals surface area contributed by atoms with E-state index in [9.17, 15) is 0 Å². The Balaban J connectivity index is 1.89. The van der Waals surface area contributed by atoms with Crippen LogP contribution < -0.4 is 5.32 Å². The van der Waals surface area contributed by atoms with Crippen LogP contribution in [0, 0.1) is 0 Å². The summed E-state index contributed by atoms with van der Waals surface area (Å²) in [5, 5.41) is 4.72. The van der Waals surface area contributed by atoms with E-state index in [1.807, 2.05) is 0 Å². The van der Waals surface area contributed by atoms with Gasteiger partial charge in [0.15, 0.2) is 0 Å². The van der Waals surface area contributed by atoms with Gasteiger partial charge in [-0.3, -0.25) is 0 Å². The first-order valence-corrected chi connectivity index (χ1v) is 5.66. The van der Waals surface area contributed by atoms with Gasteiger partial charge in [0.1, 0.15) is 0 Å². The normalized spacial score (nSPS) is 11.1. The molecule has 0 aliphatic carbocycles. The SMILES string of the molecule is COCCCNCc1c[nH]c2ccccc12. The molecule has 16 heavy (non-hydrogen) atoms. The molecule has 3 nitrogen and oxygen atoms in total. The third-order valence-corrected chi connectivity index (χ3v) is 2.69. The lowest BCUT2D eigenvalue weighted by Crippen LogP contribution is -2.15. The molecule has 0 fully saturated rings. The molecule has 0 amide bonds. The molecule has 0 aliphatic rings. The van der Waals surface area contributed by atoms with Crippen LogP contribution in [0.4, 0.5) is 0 Å². The third kappa shape index (κ3) is 2.62. The van der Waals surface area contributed by atoms with E-state index >= 15 is 0 Å². The second-order valence-electron chi connectivity index (χ2n) is 3.88. The van der Waals surface area contributed by atoms with E-state index in [2.05, 4.69) is 40.8 Å². The molecule has 2 rings (SSSR count). The fourth-order valence-corrected chi connectivity index (χ4v) is 1.84. The topological polar surface area (TPSA) is 37.0 Å².